The van der Waals surface area contributed by atoms with Crippen LogP contribution < -0.4 is 5.32 Å². The number of alkyl halides is 3. The summed E-state index contributed by atoms with van der Waals surface area (Å²) in [5, 5.41) is 21.7. The number of aliphatic hydroxyl groups excluding tert-OH is 1. The Morgan fingerprint density at radius 3 is 2.47 bits per heavy atom. The summed E-state index contributed by atoms with van der Waals surface area (Å²) in [4.78, 5) is 0. The molecule has 0 aliphatic rings. The molecule has 0 aliphatic heterocycles. The van der Waals surface area contributed by atoms with Gasteiger partial charge in [0.25, 0.3) is 0 Å². The molecule has 1 unspecified atom stereocenters. The van der Waals surface area contributed by atoms with Crippen molar-refractivity contribution >= 4 is 15.9 Å². The summed E-state index contributed by atoms with van der Waals surface area (Å²) in [5.41, 5.74) is -1.34. The first-order valence-corrected chi connectivity index (χ1v) is 5.49. The zero-order valence-electron chi connectivity index (χ0n) is 8.85. The summed E-state index contributed by atoms with van der Waals surface area (Å²) in [6, 6.07) is 2.03. The van der Waals surface area contributed by atoms with Crippen molar-refractivity contribution in [3.8, 4) is 5.75 Å². The number of likely N-dealkylation sites (N-methyl/N-ethyl adjacent to an activating group) is 1. The number of rotatable bonds is 3. The molecule has 3 nitrogen and oxygen atoms in total. The highest BCUT2D eigenvalue weighted by molar-refractivity contribution is 9.10. The number of nitrogens with one attached hydrogen (secondary N) is 1. The molecule has 0 saturated carbocycles. The number of halogens is 4. The van der Waals surface area contributed by atoms with E-state index in [0.717, 1.165) is 6.07 Å². The lowest BCUT2D eigenvalue weighted by Crippen LogP contribution is -2.18. The average molecular weight is 314 g/mol. The molecule has 1 aromatic rings. The molecule has 0 radical (unpaired) electrons. The predicted molar refractivity (Wildman–Crippen MR) is 59.7 cm³/mol. The molecule has 0 fully saturated rings. The number of aliphatic hydroxyl groups is 1. The minimum atomic E-state index is -4.66. The van der Waals surface area contributed by atoms with Gasteiger partial charge >= 0.3 is 6.18 Å². The van der Waals surface area contributed by atoms with Gasteiger partial charge in [-0.3, -0.25) is 0 Å². The van der Waals surface area contributed by atoms with Crippen molar-refractivity contribution < 1.29 is 23.4 Å². The molecular weight excluding hydrogens is 303 g/mol. The number of phenols is 1. The fraction of sp³-hybridized carbons (Fsp3) is 0.400. The van der Waals surface area contributed by atoms with Crippen molar-refractivity contribution in [1.82, 2.24) is 5.32 Å². The van der Waals surface area contributed by atoms with Crippen LogP contribution in [0.15, 0.2) is 16.6 Å². The van der Waals surface area contributed by atoms with E-state index in [0.29, 0.717) is 0 Å². The van der Waals surface area contributed by atoms with Crippen LogP contribution in [0.3, 0.4) is 0 Å². The quantitative estimate of drug-likeness (QED) is 0.803. The number of phenolic OH excluding ortho intramolecular Hbond substituents is 1. The van der Waals surface area contributed by atoms with Crippen molar-refractivity contribution in [2.45, 2.75) is 12.3 Å². The topological polar surface area (TPSA) is 52.5 Å². The maximum atomic E-state index is 12.6. The highest BCUT2D eigenvalue weighted by Crippen LogP contribution is 2.41. The van der Waals surface area contributed by atoms with E-state index in [1.807, 2.05) is 0 Å². The van der Waals surface area contributed by atoms with Gasteiger partial charge in [0.1, 0.15) is 5.75 Å². The summed E-state index contributed by atoms with van der Waals surface area (Å²) in [6.07, 6.45) is -5.87. The Bertz CT molecular complexity index is 409. The Kier molecular flexibility index (Phi) is 4.40. The van der Waals surface area contributed by atoms with Crippen LogP contribution in [0.2, 0.25) is 0 Å². The molecule has 3 N–H and O–H groups in total. The van der Waals surface area contributed by atoms with Crippen LogP contribution in [0.4, 0.5) is 13.2 Å². The molecule has 7 heteroatoms. The minimum Gasteiger partial charge on any atom is -0.507 e. The van der Waals surface area contributed by atoms with Gasteiger partial charge < -0.3 is 15.5 Å². The summed E-state index contributed by atoms with van der Waals surface area (Å²) in [5.74, 6) is -0.941. The number of hydrogen-bond acceptors (Lipinski definition) is 3. The fourth-order valence-corrected chi connectivity index (χ4v) is 1.87. The summed E-state index contributed by atoms with van der Waals surface area (Å²) in [7, 11) is 1.54. The third kappa shape index (κ3) is 3.34. The Morgan fingerprint density at radius 1 is 1.41 bits per heavy atom. The van der Waals surface area contributed by atoms with Crippen LogP contribution in [0.1, 0.15) is 17.2 Å². The van der Waals surface area contributed by atoms with Crippen molar-refractivity contribution in [3.05, 3.63) is 27.7 Å². The molecule has 1 aromatic carbocycles. The second kappa shape index (κ2) is 5.24. The van der Waals surface area contributed by atoms with Crippen molar-refractivity contribution in [2.24, 2.45) is 0 Å². The van der Waals surface area contributed by atoms with Crippen LogP contribution in [0.25, 0.3) is 0 Å². The van der Waals surface area contributed by atoms with E-state index in [1.54, 1.807) is 7.05 Å². The van der Waals surface area contributed by atoms with Crippen molar-refractivity contribution in [3.63, 3.8) is 0 Å². The third-order valence-corrected chi connectivity index (χ3v) is 2.62. The Labute approximate surface area is 104 Å². The van der Waals surface area contributed by atoms with E-state index in [1.165, 1.54) is 6.07 Å². The third-order valence-electron chi connectivity index (χ3n) is 2.17. The lowest BCUT2D eigenvalue weighted by Gasteiger charge is -2.17. The Balaban J connectivity index is 3.28. The van der Waals surface area contributed by atoms with Crippen LogP contribution in [-0.4, -0.2) is 23.8 Å². The van der Waals surface area contributed by atoms with Gasteiger partial charge in [-0.2, -0.15) is 13.2 Å². The van der Waals surface area contributed by atoms with Gasteiger partial charge in [0.2, 0.25) is 0 Å². The Morgan fingerprint density at radius 2 is 2.00 bits per heavy atom. The molecule has 0 aromatic heterocycles. The van der Waals surface area contributed by atoms with E-state index in [-0.39, 0.29) is 16.6 Å². The lowest BCUT2D eigenvalue weighted by molar-refractivity contribution is -0.138. The van der Waals surface area contributed by atoms with Gasteiger partial charge in [-0.1, -0.05) is 15.9 Å². The zero-order valence-corrected chi connectivity index (χ0v) is 10.4. The fourth-order valence-electron chi connectivity index (χ4n) is 1.39. The zero-order chi connectivity index (χ0) is 13.2. The SMILES string of the molecule is CNCC(O)c1cc(Br)cc(C(F)(F)F)c1O. The monoisotopic (exact) mass is 313 g/mol. The average Bonchev–Trinajstić information content (AvgIpc) is 2.19. The van der Waals surface area contributed by atoms with E-state index in [9.17, 15) is 23.4 Å². The van der Waals surface area contributed by atoms with Gasteiger partial charge in [0, 0.05) is 16.6 Å². The second-order valence-corrected chi connectivity index (χ2v) is 4.38. The Hall–Kier alpha value is -0.790. The largest absolute Gasteiger partial charge is 0.507 e. The maximum Gasteiger partial charge on any atom is 0.420 e. The van der Waals surface area contributed by atoms with Crippen molar-refractivity contribution in [2.75, 3.05) is 13.6 Å². The van der Waals surface area contributed by atoms with Crippen LogP contribution in [-0.2, 0) is 6.18 Å². The molecule has 0 spiro atoms. The molecule has 17 heavy (non-hydrogen) atoms. The summed E-state index contributed by atoms with van der Waals surface area (Å²) in [6.45, 7) is 0.0430. The molecular formula is C10H11BrF3NO2. The highest BCUT2D eigenvalue weighted by Gasteiger charge is 2.36. The molecule has 96 valence electrons. The first-order valence-electron chi connectivity index (χ1n) is 4.69. The van der Waals surface area contributed by atoms with Crippen LogP contribution >= 0.6 is 15.9 Å². The summed E-state index contributed by atoms with van der Waals surface area (Å²) >= 11 is 2.92. The minimum absolute atomic E-state index is 0.0430. The van der Waals surface area contributed by atoms with Gasteiger partial charge in [0.15, 0.2) is 0 Å². The van der Waals surface area contributed by atoms with E-state index >= 15 is 0 Å². The van der Waals surface area contributed by atoms with E-state index < -0.39 is 23.6 Å². The van der Waals surface area contributed by atoms with Gasteiger partial charge in [-0.15, -0.1) is 0 Å². The maximum absolute atomic E-state index is 12.6. The smallest absolute Gasteiger partial charge is 0.420 e. The lowest BCUT2D eigenvalue weighted by atomic mass is 10.0. The highest BCUT2D eigenvalue weighted by atomic mass is 79.9. The number of aromatic hydroxyl groups is 1. The van der Waals surface area contributed by atoms with Crippen LogP contribution in [0.5, 0.6) is 5.75 Å². The molecule has 0 saturated heterocycles. The second-order valence-electron chi connectivity index (χ2n) is 3.46. The molecule has 0 amide bonds. The van der Waals surface area contributed by atoms with Gasteiger partial charge in [0.05, 0.1) is 11.7 Å². The predicted octanol–water partition coefficient (Wildman–Crippen LogP) is 2.43. The first-order chi connectivity index (χ1) is 7.77. The van der Waals surface area contributed by atoms with E-state index in [4.69, 9.17) is 0 Å². The van der Waals surface area contributed by atoms with E-state index in [2.05, 4.69) is 21.2 Å². The normalized spacial score (nSPS) is 13.8. The molecule has 0 bridgehead atoms. The standard InChI is InChI=1S/C10H11BrF3NO2/c1-15-4-8(16)6-2-5(11)3-7(9(6)17)10(12,13)14/h2-3,8,15-17H,4H2,1H3. The summed E-state index contributed by atoms with van der Waals surface area (Å²) < 4.78 is 37.9. The number of benzene rings is 1. The molecule has 1 atom stereocenters. The van der Waals surface area contributed by atoms with Gasteiger partial charge in [-0.25, -0.2) is 0 Å². The first kappa shape index (κ1) is 14.3. The van der Waals surface area contributed by atoms with Crippen LogP contribution in [0, 0.1) is 0 Å². The van der Waals surface area contributed by atoms with Gasteiger partial charge in [-0.05, 0) is 19.2 Å². The molecule has 1 rings (SSSR count). The number of hydrogen-bond donors (Lipinski definition) is 3. The molecule has 0 heterocycles. The van der Waals surface area contributed by atoms with Crippen molar-refractivity contribution in [1.29, 1.82) is 0 Å². The molecule has 0 aliphatic carbocycles.